The summed E-state index contributed by atoms with van der Waals surface area (Å²) in [5.74, 6) is 2.72. The fraction of sp³-hybridized carbons (Fsp3) is 0.520. The Balaban J connectivity index is 1.77. The van der Waals surface area contributed by atoms with Gasteiger partial charge in [-0.2, -0.15) is 0 Å². The maximum atomic E-state index is 6.38. The van der Waals surface area contributed by atoms with E-state index in [0.29, 0.717) is 18.4 Å². The van der Waals surface area contributed by atoms with Crippen molar-refractivity contribution in [1.82, 2.24) is 0 Å². The number of benzene rings is 2. The molecular formula is C25H34O2. The molecule has 0 radical (unpaired) electrons. The van der Waals surface area contributed by atoms with Crippen molar-refractivity contribution in [3.05, 3.63) is 59.2 Å². The molecule has 0 aromatic heterocycles. The fourth-order valence-electron chi connectivity index (χ4n) is 3.93. The minimum atomic E-state index is 0.151. The SMILES string of the molecule is CC(C)c1ccc2c(c1)OCCC(CC(C)c1ccccc1C(C)(C)C)O2. The lowest BCUT2D eigenvalue weighted by atomic mass is 9.79. The Kier molecular flexibility index (Phi) is 5.83. The average molecular weight is 367 g/mol. The first-order valence-corrected chi connectivity index (χ1v) is 10.3. The van der Waals surface area contributed by atoms with Crippen LogP contribution in [0.25, 0.3) is 0 Å². The van der Waals surface area contributed by atoms with Gasteiger partial charge in [0.2, 0.25) is 0 Å². The molecule has 2 atom stereocenters. The Morgan fingerprint density at radius 1 is 1.00 bits per heavy atom. The first kappa shape index (κ1) is 19.8. The van der Waals surface area contributed by atoms with Gasteiger partial charge in [-0.3, -0.25) is 0 Å². The second kappa shape index (κ2) is 7.96. The molecule has 2 aromatic carbocycles. The van der Waals surface area contributed by atoms with E-state index < -0.39 is 0 Å². The van der Waals surface area contributed by atoms with E-state index in [1.54, 1.807) is 0 Å². The zero-order chi connectivity index (χ0) is 19.6. The summed E-state index contributed by atoms with van der Waals surface area (Å²) in [4.78, 5) is 0. The van der Waals surface area contributed by atoms with Crippen molar-refractivity contribution in [1.29, 1.82) is 0 Å². The minimum absolute atomic E-state index is 0.151. The van der Waals surface area contributed by atoms with Crippen LogP contribution in [0.4, 0.5) is 0 Å². The van der Waals surface area contributed by atoms with Crippen LogP contribution in [-0.2, 0) is 5.41 Å². The third kappa shape index (κ3) is 4.66. The number of hydrogen-bond acceptors (Lipinski definition) is 2. The van der Waals surface area contributed by atoms with Gasteiger partial charge in [-0.25, -0.2) is 0 Å². The molecule has 0 bridgehead atoms. The minimum Gasteiger partial charge on any atom is -0.490 e. The average Bonchev–Trinajstić information content (AvgIpc) is 2.81. The van der Waals surface area contributed by atoms with E-state index in [0.717, 1.165) is 24.3 Å². The lowest BCUT2D eigenvalue weighted by Crippen LogP contribution is -2.22. The van der Waals surface area contributed by atoms with Crippen LogP contribution in [0.15, 0.2) is 42.5 Å². The highest BCUT2D eigenvalue weighted by molar-refractivity contribution is 5.44. The molecule has 27 heavy (non-hydrogen) atoms. The van der Waals surface area contributed by atoms with Crippen LogP contribution in [0.1, 0.15) is 82.9 Å². The number of hydrogen-bond donors (Lipinski definition) is 0. The Morgan fingerprint density at radius 3 is 2.44 bits per heavy atom. The van der Waals surface area contributed by atoms with Crippen molar-refractivity contribution in [2.75, 3.05) is 6.61 Å². The summed E-state index contributed by atoms with van der Waals surface area (Å²) in [5.41, 5.74) is 4.32. The van der Waals surface area contributed by atoms with Crippen molar-refractivity contribution in [3.63, 3.8) is 0 Å². The Morgan fingerprint density at radius 2 is 1.74 bits per heavy atom. The van der Waals surface area contributed by atoms with Crippen molar-refractivity contribution in [2.45, 2.75) is 77.7 Å². The monoisotopic (exact) mass is 366 g/mol. The topological polar surface area (TPSA) is 18.5 Å². The van der Waals surface area contributed by atoms with Crippen LogP contribution < -0.4 is 9.47 Å². The molecule has 3 rings (SSSR count). The molecule has 0 fully saturated rings. The van der Waals surface area contributed by atoms with Gasteiger partial charge in [0.25, 0.3) is 0 Å². The van der Waals surface area contributed by atoms with Gasteiger partial charge in [0, 0.05) is 6.42 Å². The van der Waals surface area contributed by atoms with Gasteiger partial charge >= 0.3 is 0 Å². The first-order chi connectivity index (χ1) is 12.8. The van der Waals surface area contributed by atoms with E-state index in [1.165, 1.54) is 16.7 Å². The Labute approximate surface area is 164 Å². The molecule has 1 aliphatic heterocycles. The van der Waals surface area contributed by atoms with E-state index in [9.17, 15) is 0 Å². The predicted molar refractivity (Wildman–Crippen MR) is 113 cm³/mol. The highest BCUT2D eigenvalue weighted by Gasteiger charge is 2.25. The van der Waals surface area contributed by atoms with Crippen molar-refractivity contribution < 1.29 is 9.47 Å². The van der Waals surface area contributed by atoms with Gasteiger partial charge in [-0.15, -0.1) is 0 Å². The molecule has 0 saturated carbocycles. The standard InChI is InChI=1S/C25H34O2/c1-17(2)19-11-12-23-24(16-19)26-14-13-20(27-23)15-18(3)21-9-7-8-10-22(21)25(4,5)6/h7-12,16-18,20H,13-15H2,1-6H3. The predicted octanol–water partition coefficient (Wildman–Crippen LogP) is 6.83. The van der Waals surface area contributed by atoms with E-state index in [4.69, 9.17) is 9.47 Å². The maximum Gasteiger partial charge on any atom is 0.161 e. The van der Waals surface area contributed by atoms with Crippen molar-refractivity contribution >= 4 is 0 Å². The lowest BCUT2D eigenvalue weighted by molar-refractivity contribution is 0.173. The zero-order valence-electron chi connectivity index (χ0n) is 17.7. The van der Waals surface area contributed by atoms with Crippen LogP contribution in [0, 0.1) is 0 Å². The molecule has 0 N–H and O–H groups in total. The van der Waals surface area contributed by atoms with Crippen LogP contribution in [0.5, 0.6) is 11.5 Å². The molecule has 2 unspecified atom stereocenters. The number of fused-ring (bicyclic) bond motifs is 1. The molecule has 0 aliphatic carbocycles. The van der Waals surface area contributed by atoms with Crippen molar-refractivity contribution in [2.24, 2.45) is 0 Å². The Bertz CT molecular complexity index is 770. The molecule has 1 heterocycles. The summed E-state index contributed by atoms with van der Waals surface area (Å²) in [6.07, 6.45) is 2.11. The summed E-state index contributed by atoms with van der Waals surface area (Å²) < 4.78 is 12.4. The molecular weight excluding hydrogens is 332 g/mol. The van der Waals surface area contributed by atoms with Gasteiger partial charge in [-0.05, 0) is 52.5 Å². The van der Waals surface area contributed by atoms with Crippen LogP contribution in [0.3, 0.4) is 0 Å². The van der Waals surface area contributed by atoms with Gasteiger partial charge in [0.15, 0.2) is 11.5 Å². The first-order valence-electron chi connectivity index (χ1n) is 10.3. The quantitative estimate of drug-likeness (QED) is 0.590. The fourth-order valence-corrected chi connectivity index (χ4v) is 3.93. The summed E-state index contributed by atoms with van der Waals surface area (Å²) in [6, 6.07) is 15.2. The third-order valence-electron chi connectivity index (χ3n) is 5.54. The Hall–Kier alpha value is -1.96. The zero-order valence-corrected chi connectivity index (χ0v) is 17.7. The van der Waals surface area contributed by atoms with Gasteiger partial charge < -0.3 is 9.47 Å². The summed E-state index contributed by atoms with van der Waals surface area (Å²) in [5, 5.41) is 0. The number of rotatable bonds is 4. The molecule has 2 nitrogen and oxygen atoms in total. The van der Waals surface area contributed by atoms with Gasteiger partial charge in [-0.1, -0.05) is 71.9 Å². The van der Waals surface area contributed by atoms with E-state index in [-0.39, 0.29) is 11.5 Å². The summed E-state index contributed by atoms with van der Waals surface area (Å²) >= 11 is 0. The van der Waals surface area contributed by atoms with E-state index >= 15 is 0 Å². The lowest BCUT2D eigenvalue weighted by Gasteiger charge is -2.27. The normalized spacial score (nSPS) is 18.3. The highest BCUT2D eigenvalue weighted by atomic mass is 16.5. The van der Waals surface area contributed by atoms with Crippen LogP contribution in [-0.4, -0.2) is 12.7 Å². The summed E-state index contributed by atoms with van der Waals surface area (Å²) in [6.45, 7) is 14.3. The van der Waals surface area contributed by atoms with Crippen molar-refractivity contribution in [3.8, 4) is 11.5 Å². The smallest absolute Gasteiger partial charge is 0.161 e. The summed E-state index contributed by atoms with van der Waals surface area (Å²) in [7, 11) is 0. The molecule has 0 spiro atoms. The van der Waals surface area contributed by atoms with Gasteiger partial charge in [0.1, 0.15) is 6.10 Å². The maximum absolute atomic E-state index is 6.38. The van der Waals surface area contributed by atoms with Crippen LogP contribution >= 0.6 is 0 Å². The van der Waals surface area contributed by atoms with E-state index in [1.807, 2.05) is 0 Å². The molecule has 2 aromatic rings. The largest absolute Gasteiger partial charge is 0.490 e. The second-order valence-electron chi connectivity index (χ2n) is 9.21. The van der Waals surface area contributed by atoms with E-state index in [2.05, 4.69) is 84.0 Å². The third-order valence-corrected chi connectivity index (χ3v) is 5.54. The molecule has 2 heteroatoms. The molecule has 1 aliphatic rings. The van der Waals surface area contributed by atoms with Gasteiger partial charge in [0.05, 0.1) is 6.61 Å². The highest BCUT2D eigenvalue weighted by Crippen LogP contribution is 2.37. The molecule has 0 saturated heterocycles. The molecule has 146 valence electrons. The second-order valence-corrected chi connectivity index (χ2v) is 9.21. The molecule has 0 amide bonds. The number of ether oxygens (including phenoxy) is 2. The van der Waals surface area contributed by atoms with Crippen LogP contribution in [0.2, 0.25) is 0 Å².